The van der Waals surface area contributed by atoms with Crippen LogP contribution in [0.5, 0.6) is 0 Å². The van der Waals surface area contributed by atoms with Crippen LogP contribution in [0.3, 0.4) is 0 Å². The molecule has 1 aromatic carbocycles. The lowest BCUT2D eigenvalue weighted by molar-refractivity contribution is 0.153. The van der Waals surface area contributed by atoms with Gasteiger partial charge in [0, 0.05) is 49.0 Å². The summed E-state index contributed by atoms with van der Waals surface area (Å²) in [5.74, 6) is 1.00. The molecule has 3 heterocycles. The van der Waals surface area contributed by atoms with E-state index in [9.17, 15) is 5.11 Å². The van der Waals surface area contributed by atoms with Crippen LogP contribution in [0, 0.1) is 6.92 Å². The summed E-state index contributed by atoms with van der Waals surface area (Å²) < 4.78 is 0. The lowest BCUT2D eigenvalue weighted by Crippen LogP contribution is -2.39. The molecular weight excluding hydrogens is 338 g/mol. The topological polar surface area (TPSA) is 68.3 Å². The molecule has 0 saturated carbocycles. The lowest BCUT2D eigenvalue weighted by atomic mass is 10.1. The Bertz CT molecular complexity index is 908. The summed E-state index contributed by atoms with van der Waals surface area (Å²) in [6.07, 6.45) is 3.38. The van der Waals surface area contributed by atoms with Crippen molar-refractivity contribution in [2.24, 2.45) is 0 Å². The van der Waals surface area contributed by atoms with Crippen molar-refractivity contribution in [3.05, 3.63) is 53.3 Å². The highest BCUT2D eigenvalue weighted by Gasteiger charge is 2.22. The van der Waals surface area contributed by atoms with Gasteiger partial charge in [-0.15, -0.1) is 0 Å². The maximum Gasteiger partial charge on any atom is 0.133 e. The predicted molar refractivity (Wildman–Crippen MR) is 108 cm³/mol. The summed E-state index contributed by atoms with van der Waals surface area (Å²) >= 11 is 0. The highest BCUT2D eigenvalue weighted by molar-refractivity contribution is 5.82. The Hall–Kier alpha value is -2.44. The van der Waals surface area contributed by atoms with Gasteiger partial charge in [0.05, 0.1) is 11.6 Å². The van der Waals surface area contributed by atoms with E-state index in [0.29, 0.717) is 6.54 Å². The number of pyridine rings is 1. The number of aryl methyl sites for hydroxylation is 1. The molecule has 6 heteroatoms. The Morgan fingerprint density at radius 1 is 1.26 bits per heavy atom. The second kappa shape index (κ2) is 7.66. The molecule has 1 aliphatic heterocycles. The highest BCUT2D eigenvalue weighted by Crippen LogP contribution is 2.28. The Balaban J connectivity index is 1.67. The van der Waals surface area contributed by atoms with Gasteiger partial charge in [0.25, 0.3) is 0 Å². The van der Waals surface area contributed by atoms with Crippen LogP contribution >= 0.6 is 0 Å². The number of fused-ring (bicyclic) bond motifs is 1. The van der Waals surface area contributed by atoms with E-state index in [1.807, 2.05) is 6.07 Å². The van der Waals surface area contributed by atoms with E-state index in [0.717, 1.165) is 49.5 Å². The molecule has 0 bridgehead atoms. The molecule has 4 rings (SSSR count). The van der Waals surface area contributed by atoms with Gasteiger partial charge >= 0.3 is 0 Å². The molecule has 0 amide bonds. The number of β-amino-alcohol motifs (C(OH)–C–C–N with tert-alkyl or cyclic N) is 1. The van der Waals surface area contributed by atoms with Crippen LogP contribution in [0.1, 0.15) is 29.7 Å². The fourth-order valence-corrected chi connectivity index (χ4v) is 3.88. The molecule has 27 heavy (non-hydrogen) atoms. The standard InChI is InChI=1S/C21H27N5O/c1-15-5-6-20-16(10-15)11-17(12-25(2)13-18-7-8-22-24-18)21(23-20)26-9-3-4-19(27)14-26/h5-8,10-11,19,27H,3-4,9,12-14H2,1-2H3,(H,22,24)/t19-/m0/s1. The number of nitrogens with one attached hydrogen (secondary N) is 1. The van der Waals surface area contributed by atoms with Crippen LogP contribution < -0.4 is 4.90 Å². The minimum atomic E-state index is -0.273. The van der Waals surface area contributed by atoms with Gasteiger partial charge in [-0.05, 0) is 51.1 Å². The van der Waals surface area contributed by atoms with Crippen LogP contribution in [0.2, 0.25) is 0 Å². The van der Waals surface area contributed by atoms with Crippen molar-refractivity contribution < 1.29 is 5.11 Å². The zero-order valence-corrected chi connectivity index (χ0v) is 16.0. The first-order chi connectivity index (χ1) is 13.1. The predicted octanol–water partition coefficient (Wildman–Crippen LogP) is 2.86. The van der Waals surface area contributed by atoms with Gasteiger partial charge in [-0.25, -0.2) is 4.98 Å². The van der Waals surface area contributed by atoms with E-state index in [4.69, 9.17) is 4.98 Å². The molecule has 6 nitrogen and oxygen atoms in total. The highest BCUT2D eigenvalue weighted by atomic mass is 16.3. The average molecular weight is 365 g/mol. The normalized spacial score (nSPS) is 17.8. The fraction of sp³-hybridized carbons (Fsp3) is 0.429. The molecule has 0 radical (unpaired) electrons. The molecule has 0 aliphatic carbocycles. The Morgan fingerprint density at radius 3 is 2.93 bits per heavy atom. The number of hydrogen-bond acceptors (Lipinski definition) is 5. The summed E-state index contributed by atoms with van der Waals surface area (Å²) in [5.41, 5.74) is 4.54. The Labute approximate surface area is 159 Å². The SMILES string of the molecule is Cc1ccc2nc(N3CCC[C@H](O)C3)c(CN(C)Cc3ccn[nH]3)cc2c1. The number of nitrogens with zero attached hydrogens (tertiary/aromatic N) is 4. The fourth-order valence-electron chi connectivity index (χ4n) is 3.88. The number of rotatable bonds is 5. The molecule has 2 aromatic heterocycles. The number of aliphatic hydroxyl groups is 1. The smallest absolute Gasteiger partial charge is 0.133 e. The van der Waals surface area contributed by atoms with Crippen molar-refractivity contribution in [1.82, 2.24) is 20.1 Å². The van der Waals surface area contributed by atoms with Crippen LogP contribution in [0.25, 0.3) is 10.9 Å². The summed E-state index contributed by atoms with van der Waals surface area (Å²) in [6.45, 7) is 5.30. The van der Waals surface area contributed by atoms with Crippen molar-refractivity contribution in [1.29, 1.82) is 0 Å². The molecule has 0 unspecified atom stereocenters. The zero-order chi connectivity index (χ0) is 18.8. The monoisotopic (exact) mass is 365 g/mol. The molecule has 1 aliphatic rings. The first-order valence-corrected chi connectivity index (χ1v) is 9.58. The lowest BCUT2D eigenvalue weighted by Gasteiger charge is -2.33. The molecule has 1 saturated heterocycles. The van der Waals surface area contributed by atoms with Crippen LogP contribution in [0.4, 0.5) is 5.82 Å². The van der Waals surface area contributed by atoms with Crippen molar-refractivity contribution in [2.75, 3.05) is 25.0 Å². The summed E-state index contributed by atoms with van der Waals surface area (Å²) in [7, 11) is 2.11. The minimum Gasteiger partial charge on any atom is -0.391 e. The maximum absolute atomic E-state index is 10.1. The van der Waals surface area contributed by atoms with Crippen LogP contribution in [0.15, 0.2) is 36.5 Å². The van der Waals surface area contributed by atoms with E-state index >= 15 is 0 Å². The van der Waals surface area contributed by atoms with Crippen molar-refractivity contribution >= 4 is 16.7 Å². The Morgan fingerprint density at radius 2 is 2.15 bits per heavy atom. The number of H-pyrrole nitrogens is 1. The number of benzene rings is 1. The molecule has 0 spiro atoms. The number of hydrogen-bond donors (Lipinski definition) is 2. The second-order valence-corrected chi connectivity index (χ2v) is 7.66. The van der Waals surface area contributed by atoms with E-state index in [1.54, 1.807) is 6.20 Å². The summed E-state index contributed by atoms with van der Waals surface area (Å²) in [5, 5.41) is 18.4. The maximum atomic E-state index is 10.1. The van der Waals surface area contributed by atoms with Crippen LogP contribution in [-0.2, 0) is 13.1 Å². The third-order valence-electron chi connectivity index (χ3n) is 5.16. The van der Waals surface area contributed by atoms with E-state index < -0.39 is 0 Å². The quantitative estimate of drug-likeness (QED) is 0.728. The van der Waals surface area contributed by atoms with Gasteiger partial charge in [-0.3, -0.25) is 10.00 Å². The minimum absolute atomic E-state index is 0.273. The number of aliphatic hydroxyl groups excluding tert-OH is 1. The van der Waals surface area contributed by atoms with Gasteiger partial charge < -0.3 is 10.0 Å². The second-order valence-electron chi connectivity index (χ2n) is 7.66. The van der Waals surface area contributed by atoms with Crippen LogP contribution in [-0.4, -0.2) is 51.4 Å². The van der Waals surface area contributed by atoms with Gasteiger partial charge in [0.15, 0.2) is 0 Å². The van der Waals surface area contributed by atoms with Crippen molar-refractivity contribution in [3.8, 4) is 0 Å². The number of aromatic nitrogens is 3. The molecule has 142 valence electrons. The van der Waals surface area contributed by atoms with Gasteiger partial charge in [-0.2, -0.15) is 5.10 Å². The molecule has 3 aromatic rings. The zero-order valence-electron chi connectivity index (χ0n) is 16.0. The third kappa shape index (κ3) is 4.12. The average Bonchev–Trinajstić information content (AvgIpc) is 3.14. The molecule has 2 N–H and O–H groups in total. The van der Waals surface area contributed by atoms with Crippen molar-refractivity contribution in [3.63, 3.8) is 0 Å². The Kier molecular flexibility index (Phi) is 5.09. The first kappa shape index (κ1) is 17.9. The largest absolute Gasteiger partial charge is 0.391 e. The summed E-state index contributed by atoms with van der Waals surface area (Å²) in [4.78, 5) is 9.50. The van der Waals surface area contributed by atoms with Crippen molar-refractivity contribution in [2.45, 2.75) is 39.0 Å². The van der Waals surface area contributed by atoms with Gasteiger partial charge in [0.1, 0.15) is 5.82 Å². The van der Waals surface area contributed by atoms with E-state index in [1.165, 1.54) is 16.5 Å². The third-order valence-corrected chi connectivity index (χ3v) is 5.16. The molecule has 1 fully saturated rings. The molecule has 1 atom stereocenters. The first-order valence-electron chi connectivity index (χ1n) is 9.58. The number of piperidine rings is 1. The number of aromatic amines is 1. The van der Waals surface area contributed by atoms with Gasteiger partial charge in [-0.1, -0.05) is 11.6 Å². The van der Waals surface area contributed by atoms with Gasteiger partial charge in [0.2, 0.25) is 0 Å². The molecular formula is C21H27N5O. The van der Waals surface area contributed by atoms with E-state index in [2.05, 4.69) is 58.2 Å². The van der Waals surface area contributed by atoms with E-state index in [-0.39, 0.29) is 6.10 Å². The summed E-state index contributed by atoms with van der Waals surface area (Å²) in [6, 6.07) is 10.6. The number of anilines is 1.